The van der Waals surface area contributed by atoms with Gasteiger partial charge in [0.2, 0.25) is 5.91 Å². The SMILES string of the molecule is CCn1c(SCC(=O)Nc2cccc(F)c2)nnc1-c1cn(C)nc1-c1ccc(F)cc1. The molecule has 7 nitrogen and oxygen atoms in total. The largest absolute Gasteiger partial charge is 0.325 e. The molecule has 1 N–H and O–H groups in total. The van der Waals surface area contributed by atoms with Gasteiger partial charge in [0.1, 0.15) is 17.3 Å². The molecule has 1 amide bonds. The number of amides is 1. The van der Waals surface area contributed by atoms with Crippen LogP contribution in [0.4, 0.5) is 14.5 Å². The number of nitrogens with one attached hydrogen (secondary N) is 1. The summed E-state index contributed by atoms with van der Waals surface area (Å²) in [6.07, 6.45) is 1.83. The lowest BCUT2D eigenvalue weighted by molar-refractivity contribution is -0.113. The van der Waals surface area contributed by atoms with Crippen LogP contribution in [0.25, 0.3) is 22.6 Å². The third-order valence-electron chi connectivity index (χ3n) is 4.66. The number of nitrogens with zero attached hydrogens (tertiary/aromatic N) is 5. The number of carbonyl (C=O) groups excluding carboxylic acids is 1. The number of benzene rings is 2. The van der Waals surface area contributed by atoms with Crippen LogP contribution in [-0.2, 0) is 18.4 Å². The average Bonchev–Trinajstić information content (AvgIpc) is 3.35. The van der Waals surface area contributed by atoms with Crippen molar-refractivity contribution in [2.75, 3.05) is 11.1 Å². The Hall–Kier alpha value is -3.53. The van der Waals surface area contributed by atoms with Crippen LogP contribution in [0.2, 0.25) is 0 Å². The lowest BCUT2D eigenvalue weighted by atomic mass is 10.1. The number of hydrogen-bond donors (Lipinski definition) is 1. The maximum atomic E-state index is 13.4. The van der Waals surface area contributed by atoms with E-state index in [1.807, 2.05) is 17.7 Å². The summed E-state index contributed by atoms with van der Waals surface area (Å²) in [4.78, 5) is 12.3. The molecule has 4 rings (SSSR count). The van der Waals surface area contributed by atoms with Crippen molar-refractivity contribution in [3.05, 3.63) is 66.4 Å². The third kappa shape index (κ3) is 4.70. The molecule has 2 aromatic carbocycles. The van der Waals surface area contributed by atoms with Crippen LogP contribution >= 0.6 is 11.8 Å². The van der Waals surface area contributed by atoms with E-state index in [1.54, 1.807) is 29.9 Å². The van der Waals surface area contributed by atoms with Gasteiger partial charge in [-0.25, -0.2) is 8.78 Å². The molecule has 0 unspecified atom stereocenters. The zero-order valence-electron chi connectivity index (χ0n) is 17.4. The standard InChI is InChI=1S/C22H20F2N6OS/c1-3-30-21(18-12-29(2)28-20(18)14-7-9-15(23)10-8-14)26-27-22(30)32-13-19(31)25-17-6-4-5-16(24)11-17/h4-12H,3,13H2,1-2H3,(H,25,31). The van der Waals surface area contributed by atoms with Gasteiger partial charge < -0.3 is 9.88 Å². The summed E-state index contributed by atoms with van der Waals surface area (Å²) in [5.74, 6) is -0.321. The van der Waals surface area contributed by atoms with Crippen LogP contribution in [0.1, 0.15) is 6.92 Å². The van der Waals surface area contributed by atoms with E-state index in [9.17, 15) is 13.6 Å². The first kappa shape index (κ1) is 21.7. The first-order chi connectivity index (χ1) is 15.4. The van der Waals surface area contributed by atoms with Crippen LogP contribution in [0.5, 0.6) is 0 Å². The van der Waals surface area contributed by atoms with Crippen LogP contribution < -0.4 is 5.32 Å². The van der Waals surface area contributed by atoms with Gasteiger partial charge >= 0.3 is 0 Å². The fourth-order valence-corrected chi connectivity index (χ4v) is 4.05. The van der Waals surface area contributed by atoms with Gasteiger partial charge in [-0.3, -0.25) is 9.48 Å². The van der Waals surface area contributed by atoms with E-state index in [4.69, 9.17) is 0 Å². The van der Waals surface area contributed by atoms with E-state index in [1.165, 1.54) is 42.1 Å². The Balaban J connectivity index is 1.55. The molecular weight excluding hydrogens is 434 g/mol. The molecule has 0 bridgehead atoms. The Labute approximate surface area is 187 Å². The summed E-state index contributed by atoms with van der Waals surface area (Å²) >= 11 is 1.24. The summed E-state index contributed by atoms with van der Waals surface area (Å²) < 4.78 is 30.2. The number of carbonyl (C=O) groups is 1. The third-order valence-corrected chi connectivity index (χ3v) is 5.63. The van der Waals surface area contributed by atoms with Gasteiger partial charge in [0.15, 0.2) is 11.0 Å². The minimum atomic E-state index is -0.417. The Kier molecular flexibility index (Phi) is 6.31. The lowest BCUT2D eigenvalue weighted by Gasteiger charge is -2.08. The first-order valence-corrected chi connectivity index (χ1v) is 10.8. The second-order valence-electron chi connectivity index (χ2n) is 6.97. The van der Waals surface area contributed by atoms with E-state index in [-0.39, 0.29) is 17.5 Å². The maximum Gasteiger partial charge on any atom is 0.234 e. The number of rotatable bonds is 7. The summed E-state index contributed by atoms with van der Waals surface area (Å²) in [5.41, 5.74) is 2.57. The van der Waals surface area contributed by atoms with Crippen LogP contribution in [0.3, 0.4) is 0 Å². The van der Waals surface area contributed by atoms with Gasteiger partial charge in [-0.2, -0.15) is 5.10 Å². The number of anilines is 1. The number of thioether (sulfide) groups is 1. The number of aryl methyl sites for hydroxylation is 1. The molecule has 0 spiro atoms. The van der Waals surface area contributed by atoms with Gasteiger partial charge in [0.05, 0.1) is 11.3 Å². The monoisotopic (exact) mass is 454 g/mol. The van der Waals surface area contributed by atoms with Crippen molar-refractivity contribution in [3.8, 4) is 22.6 Å². The minimum absolute atomic E-state index is 0.0898. The molecule has 0 fully saturated rings. The summed E-state index contributed by atoms with van der Waals surface area (Å²) in [6, 6.07) is 11.8. The molecule has 0 atom stereocenters. The van der Waals surface area contributed by atoms with Crippen LogP contribution in [0, 0.1) is 11.6 Å². The molecule has 0 radical (unpaired) electrons. The smallest absolute Gasteiger partial charge is 0.234 e. The van der Waals surface area contributed by atoms with Crippen molar-refractivity contribution in [1.82, 2.24) is 24.5 Å². The highest BCUT2D eigenvalue weighted by molar-refractivity contribution is 7.99. The van der Waals surface area contributed by atoms with Crippen molar-refractivity contribution in [3.63, 3.8) is 0 Å². The fraction of sp³-hybridized carbons (Fsp3) is 0.182. The number of halogens is 2. The second kappa shape index (κ2) is 9.31. The fourth-order valence-electron chi connectivity index (χ4n) is 3.25. The van der Waals surface area contributed by atoms with E-state index >= 15 is 0 Å². The molecule has 10 heteroatoms. The molecular formula is C22H20F2N6OS. The van der Waals surface area contributed by atoms with Gasteiger partial charge in [-0.1, -0.05) is 17.8 Å². The normalized spacial score (nSPS) is 11.0. The Morgan fingerprint density at radius 3 is 2.59 bits per heavy atom. The zero-order valence-corrected chi connectivity index (χ0v) is 18.2. The average molecular weight is 455 g/mol. The summed E-state index contributed by atoms with van der Waals surface area (Å²) in [5, 5.41) is 16.3. The van der Waals surface area contributed by atoms with Gasteiger partial charge in [0, 0.05) is 31.0 Å². The molecule has 2 aromatic heterocycles. The number of hydrogen-bond acceptors (Lipinski definition) is 5. The van der Waals surface area contributed by atoms with Crippen molar-refractivity contribution in [2.24, 2.45) is 7.05 Å². The maximum absolute atomic E-state index is 13.4. The molecule has 0 aliphatic rings. The second-order valence-corrected chi connectivity index (χ2v) is 7.91. The number of aromatic nitrogens is 5. The van der Waals surface area contributed by atoms with E-state index in [0.29, 0.717) is 28.9 Å². The molecule has 0 aliphatic carbocycles. The molecule has 164 valence electrons. The lowest BCUT2D eigenvalue weighted by Crippen LogP contribution is -2.14. The van der Waals surface area contributed by atoms with E-state index < -0.39 is 5.82 Å². The van der Waals surface area contributed by atoms with E-state index in [0.717, 1.165) is 11.1 Å². The van der Waals surface area contributed by atoms with Gasteiger partial charge in [0.25, 0.3) is 0 Å². The highest BCUT2D eigenvalue weighted by atomic mass is 32.2. The van der Waals surface area contributed by atoms with Crippen molar-refractivity contribution < 1.29 is 13.6 Å². The van der Waals surface area contributed by atoms with Crippen molar-refractivity contribution in [1.29, 1.82) is 0 Å². The first-order valence-electron chi connectivity index (χ1n) is 9.86. The molecule has 32 heavy (non-hydrogen) atoms. The molecule has 0 saturated heterocycles. The Bertz CT molecular complexity index is 1250. The summed E-state index contributed by atoms with van der Waals surface area (Å²) in [7, 11) is 1.80. The van der Waals surface area contributed by atoms with Gasteiger partial charge in [-0.15, -0.1) is 10.2 Å². The van der Waals surface area contributed by atoms with E-state index in [2.05, 4.69) is 20.6 Å². The highest BCUT2D eigenvalue weighted by Gasteiger charge is 2.20. The highest BCUT2D eigenvalue weighted by Crippen LogP contribution is 2.32. The minimum Gasteiger partial charge on any atom is -0.325 e. The molecule has 4 aromatic rings. The summed E-state index contributed by atoms with van der Waals surface area (Å²) in [6.45, 7) is 2.53. The predicted molar refractivity (Wildman–Crippen MR) is 119 cm³/mol. The topological polar surface area (TPSA) is 77.6 Å². The van der Waals surface area contributed by atoms with Crippen molar-refractivity contribution >= 4 is 23.4 Å². The molecule has 0 saturated carbocycles. The zero-order chi connectivity index (χ0) is 22.7. The van der Waals surface area contributed by atoms with Gasteiger partial charge in [-0.05, 0) is 49.4 Å². The Morgan fingerprint density at radius 1 is 1.09 bits per heavy atom. The quantitative estimate of drug-likeness (QED) is 0.420. The van der Waals surface area contributed by atoms with Crippen LogP contribution in [0.15, 0.2) is 59.9 Å². The Morgan fingerprint density at radius 2 is 1.88 bits per heavy atom. The van der Waals surface area contributed by atoms with Crippen LogP contribution in [-0.4, -0.2) is 36.2 Å². The predicted octanol–water partition coefficient (Wildman–Crippen LogP) is 4.37. The molecule has 0 aliphatic heterocycles. The molecule has 2 heterocycles. The van der Waals surface area contributed by atoms with Crippen molar-refractivity contribution in [2.45, 2.75) is 18.6 Å².